The summed E-state index contributed by atoms with van der Waals surface area (Å²) in [4.78, 5) is 11.2. The number of anilines is 1. The molecule has 0 fully saturated rings. The Kier molecular flexibility index (Phi) is 3.76. The fourth-order valence-electron chi connectivity index (χ4n) is 2.44. The fourth-order valence-corrected chi connectivity index (χ4v) is 3.08. The summed E-state index contributed by atoms with van der Waals surface area (Å²) in [5.74, 6) is -1.14. The Bertz CT molecular complexity index is 717. The summed E-state index contributed by atoms with van der Waals surface area (Å²) >= 11 is 3.53. The SMILES string of the molecule is O=C1Cc2cc(C(Br)Cc3ccc(F)cc3F)ccc2N1. The zero-order valence-electron chi connectivity index (χ0n) is 11.0. The second-order valence-electron chi connectivity index (χ2n) is 5.05. The Balaban J connectivity index is 1.81. The average Bonchev–Trinajstić information content (AvgIpc) is 2.80. The molecule has 2 aromatic carbocycles. The van der Waals surface area contributed by atoms with E-state index in [0.29, 0.717) is 18.4 Å². The summed E-state index contributed by atoms with van der Waals surface area (Å²) in [5.41, 5.74) is 3.19. The fraction of sp³-hybridized carbons (Fsp3) is 0.188. The summed E-state index contributed by atoms with van der Waals surface area (Å²) in [7, 11) is 0. The standard InChI is InChI=1S/C16H12BrF2NO/c17-13(6-10-1-3-12(18)8-14(10)19)9-2-4-15-11(5-9)7-16(21)20-15/h1-5,8,13H,6-7H2,(H,20,21). The summed E-state index contributed by atoms with van der Waals surface area (Å²) in [6.07, 6.45) is 0.778. The van der Waals surface area contributed by atoms with E-state index in [-0.39, 0.29) is 10.7 Å². The number of rotatable bonds is 3. The number of hydrogen-bond acceptors (Lipinski definition) is 1. The van der Waals surface area contributed by atoms with E-state index in [1.807, 2.05) is 18.2 Å². The molecule has 1 heterocycles. The summed E-state index contributed by atoms with van der Waals surface area (Å²) in [6, 6.07) is 9.28. The molecule has 1 atom stereocenters. The van der Waals surface area contributed by atoms with Crippen LogP contribution in [0.1, 0.15) is 21.5 Å². The van der Waals surface area contributed by atoms with Crippen molar-refractivity contribution in [2.45, 2.75) is 17.7 Å². The first-order valence-corrected chi connectivity index (χ1v) is 7.45. The highest BCUT2D eigenvalue weighted by Crippen LogP contribution is 2.32. The minimum atomic E-state index is -0.579. The van der Waals surface area contributed by atoms with Gasteiger partial charge in [-0.1, -0.05) is 34.1 Å². The molecule has 0 radical (unpaired) electrons. The lowest BCUT2D eigenvalue weighted by molar-refractivity contribution is -0.115. The number of nitrogens with one attached hydrogen (secondary N) is 1. The third-order valence-electron chi connectivity index (χ3n) is 3.53. The number of fused-ring (bicyclic) bond motifs is 1. The number of benzene rings is 2. The molecule has 2 nitrogen and oxygen atoms in total. The Morgan fingerprint density at radius 1 is 1.19 bits per heavy atom. The Morgan fingerprint density at radius 3 is 2.76 bits per heavy atom. The van der Waals surface area contributed by atoms with Crippen molar-refractivity contribution in [3.8, 4) is 0 Å². The first-order valence-electron chi connectivity index (χ1n) is 6.53. The molecule has 1 aliphatic heterocycles. The molecule has 108 valence electrons. The second-order valence-corrected chi connectivity index (χ2v) is 6.15. The molecule has 5 heteroatoms. The van der Waals surface area contributed by atoms with Crippen LogP contribution in [-0.2, 0) is 17.6 Å². The van der Waals surface area contributed by atoms with Gasteiger partial charge in [-0.05, 0) is 35.2 Å². The minimum absolute atomic E-state index is 0.0159. The molecule has 1 aliphatic rings. The number of amides is 1. The van der Waals surface area contributed by atoms with Gasteiger partial charge in [0.15, 0.2) is 0 Å². The summed E-state index contributed by atoms with van der Waals surface area (Å²) in [5, 5.41) is 2.77. The predicted octanol–water partition coefficient (Wildman–Crippen LogP) is 4.14. The van der Waals surface area contributed by atoms with Gasteiger partial charge in [0.25, 0.3) is 0 Å². The van der Waals surface area contributed by atoms with Crippen molar-refractivity contribution in [3.63, 3.8) is 0 Å². The van der Waals surface area contributed by atoms with E-state index in [1.165, 1.54) is 12.1 Å². The molecule has 0 aromatic heterocycles. The lowest BCUT2D eigenvalue weighted by Crippen LogP contribution is -2.03. The van der Waals surface area contributed by atoms with E-state index in [4.69, 9.17) is 0 Å². The molecule has 0 spiro atoms. The van der Waals surface area contributed by atoms with Crippen LogP contribution in [0.15, 0.2) is 36.4 Å². The first kappa shape index (κ1) is 14.2. The van der Waals surface area contributed by atoms with Crippen molar-refractivity contribution in [2.75, 3.05) is 5.32 Å². The van der Waals surface area contributed by atoms with Crippen LogP contribution in [0, 0.1) is 11.6 Å². The van der Waals surface area contributed by atoms with Gasteiger partial charge >= 0.3 is 0 Å². The van der Waals surface area contributed by atoms with Crippen LogP contribution in [0.4, 0.5) is 14.5 Å². The minimum Gasteiger partial charge on any atom is -0.326 e. The van der Waals surface area contributed by atoms with Crippen LogP contribution >= 0.6 is 15.9 Å². The van der Waals surface area contributed by atoms with Crippen LogP contribution in [0.2, 0.25) is 0 Å². The van der Waals surface area contributed by atoms with E-state index >= 15 is 0 Å². The van der Waals surface area contributed by atoms with Gasteiger partial charge in [-0.15, -0.1) is 0 Å². The number of carbonyl (C=O) groups is 1. The van der Waals surface area contributed by atoms with Gasteiger partial charge in [-0.25, -0.2) is 8.78 Å². The van der Waals surface area contributed by atoms with E-state index < -0.39 is 11.6 Å². The Labute approximate surface area is 129 Å². The topological polar surface area (TPSA) is 29.1 Å². The van der Waals surface area contributed by atoms with Crippen molar-refractivity contribution in [1.29, 1.82) is 0 Å². The Hall–Kier alpha value is -1.75. The molecule has 2 aromatic rings. The molecule has 3 rings (SSSR count). The maximum atomic E-state index is 13.7. The highest BCUT2D eigenvalue weighted by atomic mass is 79.9. The van der Waals surface area contributed by atoms with Crippen molar-refractivity contribution < 1.29 is 13.6 Å². The van der Waals surface area contributed by atoms with Crippen molar-refractivity contribution >= 4 is 27.5 Å². The van der Waals surface area contributed by atoms with E-state index in [9.17, 15) is 13.6 Å². The van der Waals surface area contributed by atoms with E-state index in [0.717, 1.165) is 22.9 Å². The lowest BCUT2D eigenvalue weighted by atomic mass is 10.0. The molecular formula is C16H12BrF2NO. The smallest absolute Gasteiger partial charge is 0.228 e. The van der Waals surface area contributed by atoms with Gasteiger partial charge in [0.1, 0.15) is 11.6 Å². The van der Waals surface area contributed by atoms with Crippen LogP contribution in [0.5, 0.6) is 0 Å². The molecule has 0 saturated heterocycles. The molecule has 1 amide bonds. The van der Waals surface area contributed by atoms with Crippen LogP contribution in [-0.4, -0.2) is 5.91 Å². The quantitative estimate of drug-likeness (QED) is 0.827. The van der Waals surface area contributed by atoms with Crippen LogP contribution < -0.4 is 5.32 Å². The third kappa shape index (κ3) is 2.97. The maximum Gasteiger partial charge on any atom is 0.228 e. The molecule has 0 bridgehead atoms. The van der Waals surface area contributed by atoms with Gasteiger partial charge in [-0.2, -0.15) is 0 Å². The second kappa shape index (κ2) is 5.56. The monoisotopic (exact) mass is 351 g/mol. The lowest BCUT2D eigenvalue weighted by Gasteiger charge is -2.12. The van der Waals surface area contributed by atoms with Crippen molar-refractivity contribution in [2.24, 2.45) is 0 Å². The van der Waals surface area contributed by atoms with Gasteiger partial charge in [0.05, 0.1) is 6.42 Å². The van der Waals surface area contributed by atoms with Crippen LogP contribution in [0.3, 0.4) is 0 Å². The molecule has 0 saturated carbocycles. The van der Waals surface area contributed by atoms with Crippen molar-refractivity contribution in [3.05, 3.63) is 64.7 Å². The van der Waals surface area contributed by atoms with Gasteiger partial charge in [0, 0.05) is 16.6 Å². The zero-order valence-corrected chi connectivity index (χ0v) is 12.6. The predicted molar refractivity (Wildman–Crippen MR) is 80.5 cm³/mol. The van der Waals surface area contributed by atoms with Gasteiger partial charge in [-0.3, -0.25) is 4.79 Å². The highest BCUT2D eigenvalue weighted by molar-refractivity contribution is 9.09. The number of halogens is 3. The largest absolute Gasteiger partial charge is 0.326 e. The first-order chi connectivity index (χ1) is 10.0. The van der Waals surface area contributed by atoms with E-state index in [1.54, 1.807) is 0 Å². The van der Waals surface area contributed by atoms with Crippen LogP contribution in [0.25, 0.3) is 0 Å². The number of alkyl halides is 1. The number of hydrogen-bond donors (Lipinski definition) is 1. The molecule has 1 N–H and O–H groups in total. The molecular weight excluding hydrogens is 340 g/mol. The normalized spacial score (nSPS) is 14.7. The van der Waals surface area contributed by atoms with E-state index in [2.05, 4.69) is 21.2 Å². The highest BCUT2D eigenvalue weighted by Gasteiger charge is 2.20. The number of carbonyl (C=O) groups excluding carboxylic acids is 1. The third-order valence-corrected chi connectivity index (χ3v) is 4.38. The Morgan fingerprint density at radius 2 is 2.00 bits per heavy atom. The van der Waals surface area contributed by atoms with Gasteiger partial charge < -0.3 is 5.32 Å². The van der Waals surface area contributed by atoms with Gasteiger partial charge in [0.2, 0.25) is 5.91 Å². The molecule has 21 heavy (non-hydrogen) atoms. The summed E-state index contributed by atoms with van der Waals surface area (Å²) < 4.78 is 26.6. The summed E-state index contributed by atoms with van der Waals surface area (Å²) in [6.45, 7) is 0. The zero-order chi connectivity index (χ0) is 15.0. The molecule has 0 aliphatic carbocycles. The molecule has 1 unspecified atom stereocenters. The maximum absolute atomic E-state index is 13.7. The average molecular weight is 352 g/mol. The van der Waals surface area contributed by atoms with Crippen molar-refractivity contribution in [1.82, 2.24) is 0 Å².